The van der Waals surface area contributed by atoms with E-state index in [4.69, 9.17) is 9.84 Å². The summed E-state index contributed by atoms with van der Waals surface area (Å²) in [6, 6.07) is 15.9. The predicted octanol–water partition coefficient (Wildman–Crippen LogP) is 2.11. The van der Waals surface area contributed by atoms with Crippen molar-refractivity contribution < 1.29 is 29.0 Å². The van der Waals surface area contributed by atoms with E-state index in [0.29, 0.717) is 5.01 Å². The topological polar surface area (TPSA) is 147 Å². The molecule has 11 heteroatoms. The number of benzene rings is 2. The van der Waals surface area contributed by atoms with Crippen LogP contribution in [-0.4, -0.2) is 53.7 Å². The number of hydrogen-bond acceptors (Lipinski definition) is 7. The number of aromatic carboxylic acids is 1. The molecule has 4 N–H and O–H groups in total. The molecule has 0 saturated carbocycles. The van der Waals surface area contributed by atoms with Crippen molar-refractivity contribution in [2.45, 2.75) is 12.5 Å². The minimum Gasteiger partial charge on any atom is -0.476 e. The number of alkyl carbamates (subject to hydrolysis) is 1. The number of amides is 3. The summed E-state index contributed by atoms with van der Waals surface area (Å²) in [7, 11) is 0. The van der Waals surface area contributed by atoms with Gasteiger partial charge >= 0.3 is 12.1 Å². The Bertz CT molecular complexity index is 1230. The summed E-state index contributed by atoms with van der Waals surface area (Å²) in [5, 5.41) is 18.0. The number of aromatic nitrogens is 1. The molecule has 0 bridgehead atoms. The van der Waals surface area contributed by atoms with E-state index in [-0.39, 0.29) is 37.9 Å². The fraction of sp³-hybridized carbons (Fsp3) is 0.208. The van der Waals surface area contributed by atoms with Crippen LogP contribution in [0.25, 0.3) is 11.1 Å². The number of carbonyl (C=O) groups excluding carboxylic acids is 3. The molecule has 1 aliphatic carbocycles. The number of carboxylic acids is 1. The molecule has 1 heterocycles. The highest BCUT2D eigenvalue weighted by Gasteiger charge is 2.29. The Morgan fingerprint density at radius 1 is 0.886 bits per heavy atom. The van der Waals surface area contributed by atoms with E-state index in [1.807, 2.05) is 48.5 Å². The van der Waals surface area contributed by atoms with Crippen molar-refractivity contribution in [2.75, 3.05) is 19.7 Å². The molecule has 0 radical (unpaired) electrons. The highest BCUT2D eigenvalue weighted by Crippen LogP contribution is 2.44. The Labute approximate surface area is 204 Å². The number of carbonyl (C=O) groups is 4. The second-order valence-electron chi connectivity index (χ2n) is 7.66. The third kappa shape index (κ3) is 5.82. The van der Waals surface area contributed by atoms with E-state index < -0.39 is 23.9 Å². The van der Waals surface area contributed by atoms with Crippen LogP contribution in [-0.2, 0) is 20.9 Å². The van der Waals surface area contributed by atoms with Gasteiger partial charge in [-0.3, -0.25) is 9.59 Å². The molecule has 10 nitrogen and oxygen atoms in total. The number of nitrogens with one attached hydrogen (secondary N) is 3. The van der Waals surface area contributed by atoms with Crippen LogP contribution in [0.1, 0.15) is 32.5 Å². The van der Waals surface area contributed by atoms with Crippen LogP contribution in [0, 0.1) is 0 Å². The van der Waals surface area contributed by atoms with E-state index in [9.17, 15) is 19.2 Å². The van der Waals surface area contributed by atoms with E-state index >= 15 is 0 Å². The molecule has 1 aliphatic rings. The van der Waals surface area contributed by atoms with Crippen LogP contribution in [0.5, 0.6) is 0 Å². The van der Waals surface area contributed by atoms with Gasteiger partial charge in [-0.15, -0.1) is 11.3 Å². The minimum absolute atomic E-state index is 0.0463. The summed E-state index contributed by atoms with van der Waals surface area (Å²) in [6.07, 6.45) is -0.732. The molecule has 35 heavy (non-hydrogen) atoms. The van der Waals surface area contributed by atoms with Gasteiger partial charge < -0.3 is 25.8 Å². The maximum absolute atomic E-state index is 12.1. The molecule has 180 valence electrons. The number of thiazole rings is 1. The van der Waals surface area contributed by atoms with Crippen LogP contribution < -0.4 is 16.0 Å². The highest BCUT2D eigenvalue weighted by atomic mass is 32.1. The van der Waals surface area contributed by atoms with Crippen molar-refractivity contribution >= 4 is 35.2 Å². The third-order valence-corrected chi connectivity index (χ3v) is 6.24. The Hall–Kier alpha value is -4.25. The number of nitrogens with zero attached hydrogens (tertiary/aromatic N) is 1. The van der Waals surface area contributed by atoms with Crippen molar-refractivity contribution in [3.63, 3.8) is 0 Å². The first-order valence-electron chi connectivity index (χ1n) is 10.7. The Balaban J connectivity index is 1.17. The maximum atomic E-state index is 12.1. The van der Waals surface area contributed by atoms with Gasteiger partial charge in [0, 0.05) is 11.3 Å². The lowest BCUT2D eigenvalue weighted by Crippen LogP contribution is -2.42. The smallest absolute Gasteiger partial charge is 0.407 e. The largest absolute Gasteiger partial charge is 0.476 e. The zero-order valence-corrected chi connectivity index (χ0v) is 19.3. The van der Waals surface area contributed by atoms with Gasteiger partial charge in [-0.2, -0.15) is 0 Å². The molecule has 0 aliphatic heterocycles. The quantitative estimate of drug-likeness (QED) is 0.356. The van der Waals surface area contributed by atoms with Gasteiger partial charge in [-0.05, 0) is 22.3 Å². The first kappa shape index (κ1) is 23.9. The van der Waals surface area contributed by atoms with E-state index in [0.717, 1.165) is 33.6 Å². The number of carboxylic acid groups (broad SMARTS) is 1. The van der Waals surface area contributed by atoms with Gasteiger partial charge in [-0.1, -0.05) is 48.5 Å². The van der Waals surface area contributed by atoms with Crippen molar-refractivity contribution in [2.24, 2.45) is 0 Å². The molecular formula is C24H22N4O6S. The Morgan fingerprint density at radius 3 is 2.11 bits per heavy atom. The first-order valence-corrected chi connectivity index (χ1v) is 11.6. The zero-order chi connectivity index (χ0) is 24.8. The van der Waals surface area contributed by atoms with Gasteiger partial charge in [0.2, 0.25) is 11.8 Å². The lowest BCUT2D eigenvalue weighted by molar-refractivity contribution is -0.125. The highest BCUT2D eigenvalue weighted by molar-refractivity contribution is 7.09. The lowest BCUT2D eigenvalue weighted by atomic mass is 9.98. The van der Waals surface area contributed by atoms with Gasteiger partial charge in [0.25, 0.3) is 0 Å². The zero-order valence-electron chi connectivity index (χ0n) is 18.4. The van der Waals surface area contributed by atoms with E-state index in [2.05, 4.69) is 20.9 Å². The van der Waals surface area contributed by atoms with E-state index in [1.165, 1.54) is 5.38 Å². The van der Waals surface area contributed by atoms with Crippen LogP contribution in [0.2, 0.25) is 0 Å². The second kappa shape index (κ2) is 10.8. The lowest BCUT2D eigenvalue weighted by Gasteiger charge is -2.14. The molecule has 1 aromatic heterocycles. The molecule has 0 spiro atoms. The van der Waals surface area contributed by atoms with Crippen molar-refractivity contribution in [1.82, 2.24) is 20.9 Å². The average Bonchev–Trinajstić information content (AvgIpc) is 3.47. The number of hydrogen-bond donors (Lipinski definition) is 4. The number of fused-ring (bicyclic) bond motifs is 3. The average molecular weight is 495 g/mol. The van der Waals surface area contributed by atoms with Gasteiger partial charge in [0.05, 0.1) is 13.1 Å². The van der Waals surface area contributed by atoms with Crippen molar-refractivity contribution in [1.29, 1.82) is 0 Å². The summed E-state index contributed by atoms with van der Waals surface area (Å²) in [6.45, 7) is -0.477. The first-order chi connectivity index (χ1) is 16.9. The molecule has 0 fully saturated rings. The summed E-state index contributed by atoms with van der Waals surface area (Å²) in [5.41, 5.74) is 4.31. The minimum atomic E-state index is -1.14. The van der Waals surface area contributed by atoms with E-state index in [1.54, 1.807) is 0 Å². The van der Waals surface area contributed by atoms with Gasteiger partial charge in [0.1, 0.15) is 18.2 Å². The molecule has 0 atom stereocenters. The SMILES string of the molecule is O=C(CNC(=O)CNC(=O)OCC1c2ccccc2-c2ccccc21)NCc1nc(C(=O)O)cs1. The number of rotatable bonds is 9. The summed E-state index contributed by atoms with van der Waals surface area (Å²) < 4.78 is 5.37. The molecule has 2 aromatic carbocycles. The molecule has 0 unspecified atom stereocenters. The standard InChI is InChI=1S/C24H22N4O6S/c29-20(26-11-22-28-19(13-35-22)23(31)32)9-25-21(30)10-27-24(33)34-12-18-16-7-3-1-5-14(16)15-6-2-4-8-17(15)18/h1-8,13,18H,9-12H2,(H,25,30)(H,26,29)(H,27,33)(H,31,32). The van der Waals surface area contributed by atoms with Crippen LogP contribution in [0.15, 0.2) is 53.9 Å². The molecule has 0 saturated heterocycles. The fourth-order valence-electron chi connectivity index (χ4n) is 3.77. The number of ether oxygens (including phenoxy) is 1. The van der Waals surface area contributed by atoms with Crippen molar-refractivity contribution in [3.05, 3.63) is 75.7 Å². The summed E-state index contributed by atoms with van der Waals surface area (Å²) in [4.78, 5) is 50.6. The van der Waals surface area contributed by atoms with Crippen LogP contribution in [0.4, 0.5) is 4.79 Å². The summed E-state index contributed by atoms with van der Waals surface area (Å²) in [5.74, 6) is -2.27. The normalized spacial score (nSPS) is 11.8. The second-order valence-corrected chi connectivity index (χ2v) is 8.61. The van der Waals surface area contributed by atoms with Crippen LogP contribution >= 0.6 is 11.3 Å². The summed E-state index contributed by atoms with van der Waals surface area (Å²) >= 11 is 1.11. The van der Waals surface area contributed by atoms with Crippen molar-refractivity contribution in [3.8, 4) is 11.1 Å². The third-order valence-electron chi connectivity index (χ3n) is 5.39. The molecule has 3 amide bonds. The maximum Gasteiger partial charge on any atom is 0.407 e. The Morgan fingerprint density at radius 2 is 1.49 bits per heavy atom. The van der Waals surface area contributed by atoms with Gasteiger partial charge in [0.15, 0.2) is 5.69 Å². The fourth-order valence-corrected chi connectivity index (χ4v) is 4.48. The van der Waals surface area contributed by atoms with Gasteiger partial charge in [-0.25, -0.2) is 14.6 Å². The predicted molar refractivity (Wildman–Crippen MR) is 127 cm³/mol. The monoisotopic (exact) mass is 494 g/mol. The molecular weight excluding hydrogens is 472 g/mol. The molecule has 4 rings (SSSR count). The molecule has 3 aromatic rings. The Kier molecular flexibility index (Phi) is 7.36. The van der Waals surface area contributed by atoms with Crippen LogP contribution in [0.3, 0.4) is 0 Å².